The van der Waals surface area contributed by atoms with Gasteiger partial charge in [0.2, 0.25) is 11.8 Å². The molecule has 3 fully saturated rings. The fraction of sp³-hybridized carbons (Fsp3) is 0.500. The number of ether oxygens (including phenoxy) is 2. The number of aliphatic hydroxyl groups excluding tert-OH is 1. The standard InChI is InChI=1S/C40H51BrN4O7/c1-7-11-17-31(47)42-26(6)34(27-15-13-12-14-16-27)51-39(50)32-33-37(48)45(25(5)24-46)36(40(33)23-30(41)35(32)52-40)38(49)44(22-8-2)29-20-18-28(19-21-29)43(9-3)10-4/h7-8,12-16,18-21,25-26,30,32-36,46H,1-2,9-11,17,22-24H2,3-6H3,(H,42,47)/t25-,26+,30?,32-,33+,34+,35-,36-,40+/m1/s1. The van der Waals surface area contributed by atoms with Crippen molar-refractivity contribution in [1.82, 2.24) is 10.2 Å². The number of likely N-dealkylation sites (tertiary alicyclic amines) is 1. The van der Waals surface area contributed by atoms with Crippen molar-refractivity contribution >= 4 is 51.0 Å². The summed E-state index contributed by atoms with van der Waals surface area (Å²) in [5, 5.41) is 13.3. The molecular weight excluding hydrogens is 728 g/mol. The van der Waals surface area contributed by atoms with Gasteiger partial charge in [-0.05, 0) is 70.4 Å². The lowest BCUT2D eigenvalue weighted by Crippen LogP contribution is -2.58. The maximum Gasteiger partial charge on any atom is 0.313 e. The molecular formula is C40H51BrN4O7. The number of halogens is 1. The van der Waals surface area contributed by atoms with Gasteiger partial charge >= 0.3 is 5.97 Å². The van der Waals surface area contributed by atoms with Gasteiger partial charge in [-0.3, -0.25) is 19.2 Å². The van der Waals surface area contributed by atoms with E-state index in [1.807, 2.05) is 54.6 Å². The van der Waals surface area contributed by atoms with E-state index in [4.69, 9.17) is 9.47 Å². The smallest absolute Gasteiger partial charge is 0.313 e. The lowest BCUT2D eigenvalue weighted by Gasteiger charge is -2.38. The van der Waals surface area contributed by atoms with Gasteiger partial charge in [-0.1, -0.05) is 58.4 Å². The SMILES string of the molecule is C=CCCC(=O)N[C@@H](C)[C@H](OC(=O)[C@H]1[C@@H]2O[C@@]3(CC2Br)[C@@H]1C(=O)N([C@H](C)CO)[C@@H]3C(=O)N(CC=C)c1ccc(N(CC)CC)cc1)c1ccccc1. The van der Waals surface area contributed by atoms with E-state index in [2.05, 4.69) is 53.2 Å². The Morgan fingerprint density at radius 3 is 2.33 bits per heavy atom. The van der Waals surface area contributed by atoms with Gasteiger partial charge in [0.15, 0.2) is 0 Å². The Bertz CT molecular complexity index is 1620. The van der Waals surface area contributed by atoms with Crippen molar-refractivity contribution in [2.45, 2.75) is 87.7 Å². The topological polar surface area (TPSA) is 129 Å². The number of esters is 1. The fourth-order valence-electron chi connectivity index (χ4n) is 8.15. The average molecular weight is 780 g/mol. The van der Waals surface area contributed by atoms with Crippen molar-refractivity contribution < 1.29 is 33.8 Å². The molecule has 0 aliphatic carbocycles. The first-order valence-electron chi connectivity index (χ1n) is 18.2. The Labute approximate surface area is 315 Å². The van der Waals surface area contributed by atoms with Crippen molar-refractivity contribution in [3.8, 4) is 0 Å². The Kier molecular flexibility index (Phi) is 12.6. The van der Waals surface area contributed by atoms with E-state index < -0.39 is 66.3 Å². The molecule has 2 aromatic rings. The van der Waals surface area contributed by atoms with E-state index in [0.29, 0.717) is 24.1 Å². The molecule has 2 aromatic carbocycles. The molecule has 3 amide bonds. The number of aliphatic hydroxyl groups is 1. The van der Waals surface area contributed by atoms with Gasteiger partial charge < -0.3 is 34.6 Å². The monoisotopic (exact) mass is 778 g/mol. The lowest BCUT2D eigenvalue weighted by molar-refractivity contribution is -0.162. The van der Waals surface area contributed by atoms with E-state index in [-0.39, 0.29) is 29.6 Å². The first kappa shape index (κ1) is 39.2. The van der Waals surface area contributed by atoms with Gasteiger partial charge in [0, 0.05) is 42.3 Å². The molecule has 0 radical (unpaired) electrons. The van der Waals surface area contributed by atoms with Crippen LogP contribution in [0.2, 0.25) is 0 Å². The summed E-state index contributed by atoms with van der Waals surface area (Å²) < 4.78 is 13.0. The highest BCUT2D eigenvalue weighted by Gasteiger charge is 2.77. The number of amides is 3. The van der Waals surface area contributed by atoms with Crippen molar-refractivity contribution in [2.24, 2.45) is 11.8 Å². The Morgan fingerprint density at radius 2 is 1.73 bits per heavy atom. The number of hydrogen-bond donors (Lipinski definition) is 2. The van der Waals surface area contributed by atoms with Crippen molar-refractivity contribution in [2.75, 3.05) is 36.0 Å². The van der Waals surface area contributed by atoms with Crippen LogP contribution >= 0.6 is 15.9 Å². The van der Waals surface area contributed by atoms with Gasteiger partial charge in [-0.2, -0.15) is 0 Å². The number of allylic oxidation sites excluding steroid dienone is 1. The number of nitrogens with zero attached hydrogens (tertiary/aromatic N) is 3. The first-order valence-corrected chi connectivity index (χ1v) is 19.1. The molecule has 0 aromatic heterocycles. The van der Waals surface area contributed by atoms with Crippen LogP contribution in [0.5, 0.6) is 0 Å². The minimum Gasteiger partial charge on any atom is -0.455 e. The minimum absolute atomic E-state index is 0.165. The summed E-state index contributed by atoms with van der Waals surface area (Å²) in [6.45, 7) is 16.6. The maximum absolute atomic E-state index is 14.9. The fourth-order valence-corrected chi connectivity index (χ4v) is 9.09. The third-order valence-electron chi connectivity index (χ3n) is 10.6. The average Bonchev–Trinajstić information content (AvgIpc) is 3.75. The Hall–Kier alpha value is -4.00. The van der Waals surface area contributed by atoms with Crippen LogP contribution < -0.4 is 15.1 Å². The van der Waals surface area contributed by atoms with Crippen LogP contribution in [-0.4, -0.2) is 94.6 Å². The number of anilines is 2. The minimum atomic E-state index is -1.37. The summed E-state index contributed by atoms with van der Waals surface area (Å²) >= 11 is 3.73. The number of hydrogen-bond acceptors (Lipinski definition) is 8. The quantitative estimate of drug-likeness (QED) is 0.132. The van der Waals surface area contributed by atoms with Crippen LogP contribution in [0, 0.1) is 11.8 Å². The number of benzene rings is 2. The number of carbonyl (C=O) groups is 4. The number of alkyl halides is 1. The van der Waals surface area contributed by atoms with E-state index in [1.54, 1.807) is 30.9 Å². The van der Waals surface area contributed by atoms with E-state index in [9.17, 15) is 24.3 Å². The largest absolute Gasteiger partial charge is 0.455 e. The molecule has 3 heterocycles. The molecule has 3 aliphatic heterocycles. The van der Waals surface area contributed by atoms with Crippen LogP contribution in [0.15, 0.2) is 79.9 Å². The number of carbonyl (C=O) groups excluding carboxylic acids is 4. The molecule has 3 saturated heterocycles. The molecule has 11 nitrogen and oxygen atoms in total. The maximum atomic E-state index is 14.9. The van der Waals surface area contributed by atoms with Crippen molar-refractivity contribution in [3.63, 3.8) is 0 Å². The molecule has 280 valence electrons. The summed E-state index contributed by atoms with van der Waals surface area (Å²) in [6, 6.07) is 14.3. The summed E-state index contributed by atoms with van der Waals surface area (Å²) in [5.74, 6) is -3.78. The second-order valence-corrected chi connectivity index (χ2v) is 15.0. The molecule has 1 unspecified atom stereocenters. The predicted molar refractivity (Wildman–Crippen MR) is 204 cm³/mol. The van der Waals surface area contributed by atoms with E-state index >= 15 is 0 Å². The third kappa shape index (κ3) is 7.30. The highest BCUT2D eigenvalue weighted by Crippen LogP contribution is 2.61. The number of nitrogens with one attached hydrogen (secondary N) is 1. The second kappa shape index (κ2) is 16.8. The van der Waals surface area contributed by atoms with Gasteiger partial charge in [0.25, 0.3) is 5.91 Å². The summed E-state index contributed by atoms with van der Waals surface area (Å²) in [5.41, 5.74) is 0.951. The Morgan fingerprint density at radius 1 is 1.08 bits per heavy atom. The predicted octanol–water partition coefficient (Wildman–Crippen LogP) is 4.94. The Balaban J connectivity index is 1.50. The second-order valence-electron chi connectivity index (χ2n) is 13.8. The summed E-state index contributed by atoms with van der Waals surface area (Å²) in [4.78, 5) is 61.5. The highest BCUT2D eigenvalue weighted by molar-refractivity contribution is 9.09. The molecule has 2 N–H and O–H groups in total. The van der Waals surface area contributed by atoms with Crippen molar-refractivity contribution in [1.29, 1.82) is 0 Å². The highest BCUT2D eigenvalue weighted by atomic mass is 79.9. The van der Waals surface area contributed by atoms with Gasteiger partial charge in [0.05, 0.1) is 36.6 Å². The molecule has 2 bridgehead atoms. The zero-order valence-corrected chi connectivity index (χ0v) is 32.0. The van der Waals surface area contributed by atoms with E-state index in [1.165, 1.54) is 4.90 Å². The molecule has 3 aliphatic rings. The molecule has 9 atom stereocenters. The molecule has 52 heavy (non-hydrogen) atoms. The van der Waals surface area contributed by atoms with Crippen LogP contribution in [0.4, 0.5) is 11.4 Å². The van der Waals surface area contributed by atoms with Crippen LogP contribution in [0.25, 0.3) is 0 Å². The summed E-state index contributed by atoms with van der Waals surface area (Å²) in [6.07, 6.45) is 2.71. The summed E-state index contributed by atoms with van der Waals surface area (Å²) in [7, 11) is 0. The lowest BCUT2D eigenvalue weighted by atomic mass is 9.70. The first-order chi connectivity index (χ1) is 25.0. The molecule has 5 rings (SSSR count). The van der Waals surface area contributed by atoms with E-state index in [0.717, 1.165) is 18.8 Å². The van der Waals surface area contributed by atoms with Gasteiger partial charge in [-0.15, -0.1) is 13.2 Å². The van der Waals surface area contributed by atoms with Crippen LogP contribution in [0.1, 0.15) is 58.6 Å². The number of fused-ring (bicyclic) bond motifs is 1. The van der Waals surface area contributed by atoms with Crippen molar-refractivity contribution in [3.05, 3.63) is 85.5 Å². The zero-order chi connectivity index (χ0) is 37.7. The number of rotatable bonds is 17. The molecule has 0 saturated carbocycles. The third-order valence-corrected chi connectivity index (χ3v) is 11.5. The van der Waals surface area contributed by atoms with Crippen LogP contribution in [0.3, 0.4) is 0 Å². The molecule has 1 spiro atoms. The van der Waals surface area contributed by atoms with Crippen LogP contribution in [-0.2, 0) is 28.7 Å². The molecule has 12 heteroatoms. The zero-order valence-electron chi connectivity index (χ0n) is 30.4. The van der Waals surface area contributed by atoms with Gasteiger partial charge in [0.1, 0.15) is 17.7 Å². The normalized spacial score (nSPS) is 26.2. The van der Waals surface area contributed by atoms with Gasteiger partial charge in [-0.25, -0.2) is 0 Å².